The summed E-state index contributed by atoms with van der Waals surface area (Å²) in [7, 11) is 0. The predicted octanol–water partition coefficient (Wildman–Crippen LogP) is 4.35. The van der Waals surface area contributed by atoms with E-state index >= 15 is 0 Å². The van der Waals surface area contributed by atoms with Gasteiger partial charge in [-0.2, -0.15) is 5.10 Å². The molecule has 0 unspecified atom stereocenters. The molecular weight excluding hydrogens is 388 g/mol. The van der Waals surface area contributed by atoms with Crippen molar-refractivity contribution in [3.63, 3.8) is 0 Å². The Bertz CT molecular complexity index is 1130. The molecule has 0 bridgehead atoms. The molecule has 1 aliphatic heterocycles. The van der Waals surface area contributed by atoms with Crippen molar-refractivity contribution >= 4 is 23.2 Å². The molecule has 2 amide bonds. The Hall–Kier alpha value is -3.41. The van der Waals surface area contributed by atoms with E-state index in [-0.39, 0.29) is 24.2 Å². The van der Waals surface area contributed by atoms with Crippen LogP contribution < -0.4 is 10.2 Å². The molecule has 1 saturated heterocycles. The third kappa shape index (κ3) is 4.10. The van der Waals surface area contributed by atoms with E-state index in [2.05, 4.69) is 17.3 Å². The Labute approximate surface area is 182 Å². The van der Waals surface area contributed by atoms with Gasteiger partial charge in [-0.1, -0.05) is 36.8 Å². The molecule has 1 aromatic heterocycles. The van der Waals surface area contributed by atoms with Crippen molar-refractivity contribution < 1.29 is 9.59 Å². The van der Waals surface area contributed by atoms with E-state index in [0.29, 0.717) is 12.2 Å². The molecule has 0 saturated carbocycles. The fraction of sp³-hybridized carbons (Fsp3) is 0.320. The normalized spacial score (nSPS) is 16.1. The van der Waals surface area contributed by atoms with Gasteiger partial charge in [-0.3, -0.25) is 9.59 Å². The number of benzene rings is 2. The first-order chi connectivity index (χ1) is 14.9. The minimum absolute atomic E-state index is 0.0165. The van der Waals surface area contributed by atoms with E-state index in [4.69, 9.17) is 0 Å². The Balaban J connectivity index is 1.51. The highest BCUT2D eigenvalue weighted by atomic mass is 16.2. The molecule has 1 N–H and O–H groups in total. The summed E-state index contributed by atoms with van der Waals surface area (Å²) in [4.78, 5) is 27.4. The summed E-state index contributed by atoms with van der Waals surface area (Å²) in [5.74, 6) is -0.548. The molecule has 2 heterocycles. The summed E-state index contributed by atoms with van der Waals surface area (Å²) in [6.07, 6.45) is 1.12. The fourth-order valence-electron chi connectivity index (χ4n) is 4.06. The molecule has 0 aliphatic carbocycles. The fourth-order valence-corrected chi connectivity index (χ4v) is 4.06. The molecule has 1 atom stereocenters. The number of anilines is 2. The van der Waals surface area contributed by atoms with Crippen molar-refractivity contribution in [1.82, 2.24) is 9.78 Å². The molecule has 6 nitrogen and oxygen atoms in total. The van der Waals surface area contributed by atoms with Gasteiger partial charge in [0.05, 0.1) is 28.7 Å². The maximum atomic E-state index is 13.0. The quantitative estimate of drug-likeness (QED) is 0.672. The van der Waals surface area contributed by atoms with Crippen LogP contribution in [0.5, 0.6) is 0 Å². The molecule has 2 aromatic carbocycles. The van der Waals surface area contributed by atoms with Crippen molar-refractivity contribution in [3.8, 4) is 5.69 Å². The molecule has 1 aliphatic rings. The van der Waals surface area contributed by atoms with Crippen LogP contribution in [0.15, 0.2) is 48.5 Å². The topological polar surface area (TPSA) is 67.2 Å². The van der Waals surface area contributed by atoms with Gasteiger partial charge in [0.2, 0.25) is 11.8 Å². The average molecular weight is 417 g/mol. The number of carbonyl (C=O) groups is 2. The highest BCUT2D eigenvalue weighted by Gasteiger charge is 2.35. The van der Waals surface area contributed by atoms with Crippen LogP contribution in [0.2, 0.25) is 0 Å². The lowest BCUT2D eigenvalue weighted by Gasteiger charge is -2.17. The van der Waals surface area contributed by atoms with Gasteiger partial charge in [0, 0.05) is 18.7 Å². The summed E-state index contributed by atoms with van der Waals surface area (Å²) in [5.41, 5.74) is 6.50. The summed E-state index contributed by atoms with van der Waals surface area (Å²) in [6.45, 7) is 8.35. The number of rotatable bonds is 5. The van der Waals surface area contributed by atoms with Gasteiger partial charge in [0.25, 0.3) is 0 Å². The second-order valence-electron chi connectivity index (χ2n) is 8.21. The zero-order valence-electron chi connectivity index (χ0n) is 18.5. The van der Waals surface area contributed by atoms with Gasteiger partial charge in [-0.15, -0.1) is 0 Å². The lowest BCUT2D eigenvalue weighted by Crippen LogP contribution is -2.28. The highest BCUT2D eigenvalue weighted by molar-refractivity contribution is 6.03. The summed E-state index contributed by atoms with van der Waals surface area (Å²) < 4.78 is 1.84. The van der Waals surface area contributed by atoms with E-state index in [1.54, 1.807) is 4.90 Å². The van der Waals surface area contributed by atoms with Crippen LogP contribution in [0.1, 0.15) is 35.9 Å². The second kappa shape index (κ2) is 8.38. The zero-order chi connectivity index (χ0) is 22.1. The van der Waals surface area contributed by atoms with Crippen LogP contribution in [0, 0.1) is 26.7 Å². The van der Waals surface area contributed by atoms with Crippen LogP contribution >= 0.6 is 0 Å². The van der Waals surface area contributed by atoms with Gasteiger partial charge in [0.15, 0.2) is 0 Å². The van der Waals surface area contributed by atoms with Crippen molar-refractivity contribution in [2.45, 2.75) is 40.5 Å². The molecule has 6 heteroatoms. The third-order valence-electron chi connectivity index (χ3n) is 5.94. The van der Waals surface area contributed by atoms with Crippen molar-refractivity contribution in [3.05, 3.63) is 71.0 Å². The van der Waals surface area contributed by atoms with Crippen molar-refractivity contribution in [2.24, 2.45) is 5.92 Å². The van der Waals surface area contributed by atoms with Crippen molar-refractivity contribution in [2.75, 3.05) is 16.8 Å². The average Bonchev–Trinajstić information content (AvgIpc) is 3.29. The SMILES string of the molecule is CCc1cccc(N2C[C@H](C(=O)Nc3c(C)nn(-c4ccc(C)cc4)c3C)CC2=O)c1. The van der Waals surface area contributed by atoms with E-state index in [9.17, 15) is 9.59 Å². The van der Waals surface area contributed by atoms with Crippen molar-refractivity contribution in [1.29, 1.82) is 0 Å². The van der Waals surface area contributed by atoms with Gasteiger partial charge in [-0.25, -0.2) is 4.68 Å². The summed E-state index contributed by atoms with van der Waals surface area (Å²) in [6, 6.07) is 16.1. The predicted molar refractivity (Wildman–Crippen MR) is 123 cm³/mol. The first-order valence-electron chi connectivity index (χ1n) is 10.7. The largest absolute Gasteiger partial charge is 0.323 e. The third-order valence-corrected chi connectivity index (χ3v) is 5.94. The molecule has 31 heavy (non-hydrogen) atoms. The molecule has 1 fully saturated rings. The first kappa shape index (κ1) is 20.8. The summed E-state index contributed by atoms with van der Waals surface area (Å²) >= 11 is 0. The molecule has 0 radical (unpaired) electrons. The van der Waals surface area contributed by atoms with Gasteiger partial charge in [0.1, 0.15) is 0 Å². The number of nitrogens with zero attached hydrogens (tertiary/aromatic N) is 3. The highest BCUT2D eigenvalue weighted by Crippen LogP contribution is 2.29. The zero-order valence-corrected chi connectivity index (χ0v) is 18.5. The molecule has 160 valence electrons. The standard InChI is InChI=1S/C25H28N4O2/c1-5-19-7-6-8-22(13-19)28-15-20(14-23(28)30)25(31)26-24-17(3)27-29(18(24)4)21-11-9-16(2)10-12-21/h6-13,20H,5,14-15H2,1-4H3,(H,26,31)/t20-/m1/s1. The van der Waals surface area contributed by atoms with E-state index < -0.39 is 0 Å². The number of nitrogens with one attached hydrogen (secondary N) is 1. The molecule has 3 aromatic rings. The van der Waals surface area contributed by atoms with Crippen LogP contribution in [-0.2, 0) is 16.0 Å². The van der Waals surface area contributed by atoms with E-state index in [1.165, 1.54) is 11.1 Å². The molecule has 0 spiro atoms. The maximum absolute atomic E-state index is 13.0. The van der Waals surface area contributed by atoms with Gasteiger partial charge < -0.3 is 10.2 Å². The number of aromatic nitrogens is 2. The Kier molecular flexibility index (Phi) is 5.63. The first-order valence-corrected chi connectivity index (χ1v) is 10.7. The maximum Gasteiger partial charge on any atom is 0.229 e. The van der Waals surface area contributed by atoms with E-state index in [0.717, 1.165) is 29.2 Å². The monoisotopic (exact) mass is 416 g/mol. The van der Waals surface area contributed by atoms with Gasteiger partial charge >= 0.3 is 0 Å². The van der Waals surface area contributed by atoms with Crippen LogP contribution in [-0.4, -0.2) is 28.1 Å². The van der Waals surface area contributed by atoms with Crippen LogP contribution in [0.25, 0.3) is 5.69 Å². The second-order valence-corrected chi connectivity index (χ2v) is 8.21. The van der Waals surface area contributed by atoms with E-state index in [1.807, 2.05) is 74.0 Å². The Morgan fingerprint density at radius 3 is 2.55 bits per heavy atom. The van der Waals surface area contributed by atoms with Crippen LogP contribution in [0.3, 0.4) is 0 Å². The number of carbonyl (C=O) groups excluding carboxylic acids is 2. The van der Waals surface area contributed by atoms with Gasteiger partial charge in [-0.05, 0) is 57.0 Å². The smallest absolute Gasteiger partial charge is 0.229 e. The number of amides is 2. The Morgan fingerprint density at radius 2 is 1.84 bits per heavy atom. The Morgan fingerprint density at radius 1 is 1.10 bits per heavy atom. The number of aryl methyl sites for hydroxylation is 3. The summed E-state index contributed by atoms with van der Waals surface area (Å²) in [5, 5.41) is 7.65. The lowest BCUT2D eigenvalue weighted by atomic mass is 10.1. The molecular formula is C25H28N4O2. The number of hydrogen-bond acceptors (Lipinski definition) is 3. The molecule has 4 rings (SSSR count). The van der Waals surface area contributed by atoms with Crippen LogP contribution in [0.4, 0.5) is 11.4 Å². The lowest BCUT2D eigenvalue weighted by molar-refractivity contribution is -0.122. The minimum atomic E-state index is -0.390. The minimum Gasteiger partial charge on any atom is -0.323 e. The number of hydrogen-bond donors (Lipinski definition) is 1.